The number of ether oxygens (including phenoxy) is 1. The number of pyridine rings is 1. The summed E-state index contributed by atoms with van der Waals surface area (Å²) in [6.45, 7) is 6.91. The maximum absolute atomic E-state index is 11.6. The minimum absolute atomic E-state index is 0.125. The van der Waals surface area contributed by atoms with Gasteiger partial charge in [-0.2, -0.15) is 0 Å². The van der Waals surface area contributed by atoms with E-state index in [0.29, 0.717) is 43.3 Å². The zero-order chi connectivity index (χ0) is 24.1. The van der Waals surface area contributed by atoms with Gasteiger partial charge in [-0.05, 0) is 57.0 Å². The molecule has 0 spiro atoms. The fourth-order valence-corrected chi connectivity index (χ4v) is 4.32. The van der Waals surface area contributed by atoms with Crippen molar-refractivity contribution in [3.05, 3.63) is 47.3 Å². The van der Waals surface area contributed by atoms with E-state index in [0.717, 1.165) is 48.9 Å². The lowest BCUT2D eigenvalue weighted by Crippen LogP contribution is -2.40. The molecule has 0 radical (unpaired) electrons. The number of piperidine rings is 1. The van der Waals surface area contributed by atoms with Crippen LogP contribution in [0.2, 0.25) is 0 Å². The molecule has 3 aromatic rings. The van der Waals surface area contributed by atoms with Crippen molar-refractivity contribution in [1.29, 1.82) is 0 Å². The minimum atomic E-state index is -0.154. The van der Waals surface area contributed by atoms with Gasteiger partial charge in [0.05, 0.1) is 30.6 Å². The second-order valence-electron chi connectivity index (χ2n) is 8.62. The number of esters is 1. The van der Waals surface area contributed by atoms with Gasteiger partial charge in [0.2, 0.25) is 5.95 Å². The van der Waals surface area contributed by atoms with Gasteiger partial charge in [0.1, 0.15) is 17.7 Å². The van der Waals surface area contributed by atoms with Gasteiger partial charge < -0.3 is 24.6 Å². The van der Waals surface area contributed by atoms with Gasteiger partial charge >= 0.3 is 5.97 Å². The number of aldehydes is 1. The van der Waals surface area contributed by atoms with Crippen molar-refractivity contribution in [2.45, 2.75) is 45.7 Å². The van der Waals surface area contributed by atoms with Crippen LogP contribution in [-0.4, -0.2) is 69.1 Å². The molecule has 0 aliphatic carbocycles. The van der Waals surface area contributed by atoms with E-state index in [4.69, 9.17) is 9.72 Å². The molecule has 1 aliphatic heterocycles. The quantitative estimate of drug-likeness (QED) is 0.366. The molecule has 1 aliphatic rings. The number of hydrogen-bond acceptors (Lipinski definition) is 8. The Morgan fingerprint density at radius 1 is 1.24 bits per heavy atom. The van der Waals surface area contributed by atoms with E-state index in [1.54, 1.807) is 18.2 Å². The zero-order valence-corrected chi connectivity index (χ0v) is 19.7. The van der Waals surface area contributed by atoms with Crippen LogP contribution < -0.4 is 5.32 Å². The first-order chi connectivity index (χ1) is 16.5. The maximum Gasteiger partial charge on any atom is 0.307 e. The number of hydrogen-bond donors (Lipinski definition) is 2. The van der Waals surface area contributed by atoms with Crippen LogP contribution in [0.15, 0.2) is 30.3 Å². The van der Waals surface area contributed by atoms with Crippen molar-refractivity contribution in [3.8, 4) is 5.75 Å². The van der Waals surface area contributed by atoms with Gasteiger partial charge in [-0.25, -0.2) is 4.98 Å². The van der Waals surface area contributed by atoms with Crippen molar-refractivity contribution in [1.82, 2.24) is 19.4 Å². The molecule has 0 bridgehead atoms. The number of rotatable bonds is 9. The Kier molecular flexibility index (Phi) is 7.42. The number of aromatic hydroxyl groups is 1. The summed E-state index contributed by atoms with van der Waals surface area (Å²) in [4.78, 5) is 34.6. The first-order valence-corrected chi connectivity index (χ1v) is 11.7. The third-order valence-electron chi connectivity index (χ3n) is 6.16. The smallest absolute Gasteiger partial charge is 0.307 e. The molecule has 2 N–H and O–H groups in total. The Balaban J connectivity index is 1.51. The number of likely N-dealkylation sites (tertiary alicyclic amines) is 1. The van der Waals surface area contributed by atoms with Gasteiger partial charge in [0, 0.05) is 36.9 Å². The standard InChI is InChI=1S/C25H31N5O4/c1-3-34-24(33)10-13-29-11-8-19(9-12-29)27-25-28-20-6-5-18(16-31)14-22(20)30(25)15-21-23(32)7-4-17(2)26-21/h4-7,14,16,19,32H,3,8-13,15H2,1-2H3,(H,27,28). The molecule has 1 aromatic carbocycles. The monoisotopic (exact) mass is 465 g/mol. The highest BCUT2D eigenvalue weighted by Gasteiger charge is 2.22. The van der Waals surface area contributed by atoms with Crippen LogP contribution in [0.3, 0.4) is 0 Å². The van der Waals surface area contributed by atoms with Crippen LogP contribution >= 0.6 is 0 Å². The number of imidazole rings is 1. The summed E-state index contributed by atoms with van der Waals surface area (Å²) < 4.78 is 6.99. The molecule has 1 saturated heterocycles. The molecule has 9 nitrogen and oxygen atoms in total. The van der Waals surface area contributed by atoms with Crippen molar-refractivity contribution in [2.24, 2.45) is 0 Å². The van der Waals surface area contributed by atoms with E-state index in [2.05, 4.69) is 15.2 Å². The fraction of sp³-hybridized carbons (Fsp3) is 0.440. The van der Waals surface area contributed by atoms with Crippen LogP contribution in [0.1, 0.15) is 47.9 Å². The SMILES string of the molecule is CCOC(=O)CCN1CCC(Nc2nc3ccc(C=O)cc3n2Cc2nc(C)ccc2O)CC1. The lowest BCUT2D eigenvalue weighted by Gasteiger charge is -2.32. The van der Waals surface area contributed by atoms with Crippen LogP contribution in [0.5, 0.6) is 5.75 Å². The van der Waals surface area contributed by atoms with Crippen LogP contribution in [0, 0.1) is 6.92 Å². The second kappa shape index (κ2) is 10.6. The fourth-order valence-electron chi connectivity index (χ4n) is 4.32. The Morgan fingerprint density at radius 3 is 2.76 bits per heavy atom. The van der Waals surface area contributed by atoms with E-state index in [-0.39, 0.29) is 17.8 Å². The van der Waals surface area contributed by atoms with E-state index in [1.165, 1.54) is 0 Å². The highest BCUT2D eigenvalue weighted by molar-refractivity contribution is 5.86. The molecule has 2 aromatic heterocycles. The van der Waals surface area contributed by atoms with Crippen molar-refractivity contribution < 1.29 is 19.4 Å². The molecular formula is C25H31N5O4. The van der Waals surface area contributed by atoms with Gasteiger partial charge in [0.15, 0.2) is 0 Å². The number of nitrogens with zero attached hydrogens (tertiary/aromatic N) is 4. The number of anilines is 1. The summed E-state index contributed by atoms with van der Waals surface area (Å²) in [5.74, 6) is 0.657. The summed E-state index contributed by atoms with van der Waals surface area (Å²) >= 11 is 0. The predicted molar refractivity (Wildman–Crippen MR) is 129 cm³/mol. The Hall–Kier alpha value is -3.46. The van der Waals surface area contributed by atoms with Crippen molar-refractivity contribution >= 4 is 29.2 Å². The van der Waals surface area contributed by atoms with E-state index >= 15 is 0 Å². The summed E-state index contributed by atoms with van der Waals surface area (Å²) in [6.07, 6.45) is 3.06. The first kappa shape index (κ1) is 23.7. The first-order valence-electron chi connectivity index (χ1n) is 11.7. The molecule has 34 heavy (non-hydrogen) atoms. The molecule has 1 fully saturated rings. The number of aryl methyl sites for hydroxylation is 1. The number of carbonyl (C=O) groups is 2. The molecule has 9 heteroatoms. The molecular weight excluding hydrogens is 434 g/mol. The number of nitrogens with one attached hydrogen (secondary N) is 1. The van der Waals surface area contributed by atoms with Crippen molar-refractivity contribution in [3.63, 3.8) is 0 Å². The third-order valence-corrected chi connectivity index (χ3v) is 6.16. The van der Waals surface area contributed by atoms with E-state index in [1.807, 2.05) is 30.5 Å². The highest BCUT2D eigenvalue weighted by Crippen LogP contribution is 2.26. The Morgan fingerprint density at radius 2 is 2.03 bits per heavy atom. The summed E-state index contributed by atoms with van der Waals surface area (Å²) in [5, 5.41) is 13.9. The van der Waals surface area contributed by atoms with E-state index in [9.17, 15) is 14.7 Å². The average molecular weight is 466 g/mol. The number of benzene rings is 1. The van der Waals surface area contributed by atoms with E-state index < -0.39 is 0 Å². The normalized spacial score (nSPS) is 14.9. The summed E-state index contributed by atoms with van der Waals surface area (Å²) in [5.41, 5.74) is 3.51. The molecule has 0 atom stereocenters. The Bertz CT molecular complexity index is 1170. The molecule has 0 saturated carbocycles. The zero-order valence-electron chi connectivity index (χ0n) is 19.7. The van der Waals surface area contributed by atoms with Gasteiger partial charge in [0.25, 0.3) is 0 Å². The highest BCUT2D eigenvalue weighted by atomic mass is 16.5. The Labute approximate surface area is 198 Å². The van der Waals surface area contributed by atoms with Crippen LogP contribution in [0.25, 0.3) is 11.0 Å². The van der Waals surface area contributed by atoms with Gasteiger partial charge in [-0.1, -0.05) is 0 Å². The molecule has 3 heterocycles. The van der Waals surface area contributed by atoms with Gasteiger partial charge in [-0.3, -0.25) is 14.6 Å². The molecule has 0 amide bonds. The minimum Gasteiger partial charge on any atom is -0.506 e. The summed E-state index contributed by atoms with van der Waals surface area (Å²) in [7, 11) is 0. The second-order valence-corrected chi connectivity index (χ2v) is 8.62. The molecule has 4 rings (SSSR count). The predicted octanol–water partition coefficient (Wildman–Crippen LogP) is 3.14. The third kappa shape index (κ3) is 5.53. The van der Waals surface area contributed by atoms with Gasteiger partial charge in [-0.15, -0.1) is 0 Å². The van der Waals surface area contributed by atoms with Crippen LogP contribution in [-0.2, 0) is 16.1 Å². The summed E-state index contributed by atoms with van der Waals surface area (Å²) in [6, 6.07) is 9.03. The molecule has 180 valence electrons. The average Bonchev–Trinajstić information content (AvgIpc) is 3.17. The topological polar surface area (TPSA) is 110 Å². The number of fused-ring (bicyclic) bond motifs is 1. The molecule has 0 unspecified atom stereocenters. The number of carbonyl (C=O) groups excluding carboxylic acids is 2. The lowest BCUT2D eigenvalue weighted by molar-refractivity contribution is -0.143. The lowest BCUT2D eigenvalue weighted by atomic mass is 10.1. The number of aromatic nitrogens is 3. The van der Waals surface area contributed by atoms with Crippen molar-refractivity contribution in [2.75, 3.05) is 31.6 Å². The largest absolute Gasteiger partial charge is 0.506 e. The maximum atomic E-state index is 11.6. The van der Waals surface area contributed by atoms with Crippen LogP contribution in [0.4, 0.5) is 5.95 Å².